The molecule has 1 heterocycles. The number of ether oxygens (including phenoxy) is 1. The number of rotatable bonds is 3. The molecule has 0 aromatic heterocycles. The Bertz CT molecular complexity index is 373. The van der Waals surface area contributed by atoms with E-state index in [1.807, 2.05) is 51.1 Å². The van der Waals surface area contributed by atoms with Gasteiger partial charge in [0, 0.05) is 6.42 Å². The molecule has 2 rings (SSSR count). The van der Waals surface area contributed by atoms with Crippen LogP contribution in [0.2, 0.25) is 0 Å². The zero-order chi connectivity index (χ0) is 12.5. The van der Waals surface area contributed by atoms with Crippen molar-refractivity contribution in [2.24, 2.45) is 0 Å². The summed E-state index contributed by atoms with van der Waals surface area (Å²) in [6.07, 6.45) is 0.630. The SMILES string of the molecule is CC1(C)N[C@@H](C(C)(O)Cc2ccccc2)CO1. The molecule has 3 nitrogen and oxygen atoms in total. The van der Waals surface area contributed by atoms with Gasteiger partial charge in [-0.05, 0) is 26.3 Å². The molecule has 1 aliphatic heterocycles. The molecule has 1 aliphatic rings. The van der Waals surface area contributed by atoms with Crippen molar-refractivity contribution in [2.45, 2.75) is 44.6 Å². The van der Waals surface area contributed by atoms with Gasteiger partial charge in [0.15, 0.2) is 0 Å². The summed E-state index contributed by atoms with van der Waals surface area (Å²) >= 11 is 0. The highest BCUT2D eigenvalue weighted by Gasteiger charge is 2.41. The molecule has 1 aromatic rings. The standard InChI is InChI=1S/C14H21NO2/c1-13(2)15-12(10-17-13)14(3,16)9-11-7-5-4-6-8-11/h4-8,12,15-16H,9-10H2,1-3H3/t12-,14?/m1/s1. The quantitative estimate of drug-likeness (QED) is 0.838. The van der Waals surface area contributed by atoms with Crippen LogP contribution in [-0.2, 0) is 11.2 Å². The van der Waals surface area contributed by atoms with E-state index in [4.69, 9.17) is 4.74 Å². The Morgan fingerprint density at radius 2 is 2.06 bits per heavy atom. The molecule has 94 valence electrons. The zero-order valence-corrected chi connectivity index (χ0v) is 10.7. The minimum atomic E-state index is -0.797. The Morgan fingerprint density at radius 1 is 1.41 bits per heavy atom. The average molecular weight is 235 g/mol. The maximum absolute atomic E-state index is 10.6. The van der Waals surface area contributed by atoms with Gasteiger partial charge in [-0.3, -0.25) is 5.32 Å². The van der Waals surface area contributed by atoms with Crippen LogP contribution in [0.4, 0.5) is 0 Å². The van der Waals surface area contributed by atoms with E-state index >= 15 is 0 Å². The van der Waals surface area contributed by atoms with Gasteiger partial charge in [0.05, 0.1) is 18.2 Å². The normalized spacial score (nSPS) is 26.7. The fourth-order valence-corrected chi connectivity index (χ4v) is 2.26. The summed E-state index contributed by atoms with van der Waals surface area (Å²) in [4.78, 5) is 0. The summed E-state index contributed by atoms with van der Waals surface area (Å²) in [7, 11) is 0. The number of hydrogen-bond donors (Lipinski definition) is 2. The predicted molar refractivity (Wildman–Crippen MR) is 67.7 cm³/mol. The molecule has 1 saturated heterocycles. The number of nitrogens with one attached hydrogen (secondary N) is 1. The van der Waals surface area contributed by atoms with Crippen LogP contribution in [0.15, 0.2) is 30.3 Å². The highest BCUT2D eigenvalue weighted by atomic mass is 16.5. The maximum Gasteiger partial charge on any atom is 0.114 e. The number of benzene rings is 1. The molecule has 1 unspecified atom stereocenters. The van der Waals surface area contributed by atoms with E-state index in [-0.39, 0.29) is 11.8 Å². The van der Waals surface area contributed by atoms with Crippen molar-refractivity contribution in [3.63, 3.8) is 0 Å². The smallest absolute Gasteiger partial charge is 0.114 e. The van der Waals surface area contributed by atoms with E-state index < -0.39 is 5.60 Å². The summed E-state index contributed by atoms with van der Waals surface area (Å²) in [5, 5.41) is 13.9. The monoisotopic (exact) mass is 235 g/mol. The third kappa shape index (κ3) is 3.06. The summed E-state index contributed by atoms with van der Waals surface area (Å²) in [6.45, 7) is 6.37. The molecular weight excluding hydrogens is 214 g/mol. The van der Waals surface area contributed by atoms with Gasteiger partial charge < -0.3 is 9.84 Å². The third-order valence-electron chi connectivity index (χ3n) is 3.29. The van der Waals surface area contributed by atoms with Gasteiger partial charge in [-0.15, -0.1) is 0 Å². The average Bonchev–Trinajstić information content (AvgIpc) is 2.60. The second kappa shape index (κ2) is 4.41. The molecule has 0 radical (unpaired) electrons. The molecule has 17 heavy (non-hydrogen) atoms. The summed E-state index contributed by atoms with van der Waals surface area (Å²) in [6, 6.07) is 10.0. The highest BCUT2D eigenvalue weighted by molar-refractivity contribution is 5.18. The number of aliphatic hydroxyl groups is 1. The van der Waals surface area contributed by atoms with Gasteiger partial charge in [-0.25, -0.2) is 0 Å². The topological polar surface area (TPSA) is 41.5 Å². The first kappa shape index (κ1) is 12.6. The third-order valence-corrected chi connectivity index (χ3v) is 3.29. The minimum Gasteiger partial charge on any atom is -0.388 e. The molecular formula is C14H21NO2. The van der Waals surface area contributed by atoms with Crippen LogP contribution in [0.5, 0.6) is 0 Å². The molecule has 0 saturated carbocycles. The Labute approximate surface area is 103 Å². The lowest BCUT2D eigenvalue weighted by Crippen LogP contribution is -2.52. The Hall–Kier alpha value is -0.900. The van der Waals surface area contributed by atoms with Crippen LogP contribution in [0.25, 0.3) is 0 Å². The first-order valence-corrected chi connectivity index (χ1v) is 6.07. The summed E-state index contributed by atoms with van der Waals surface area (Å²) in [5.41, 5.74) is 0.00417. The molecule has 2 atom stereocenters. The van der Waals surface area contributed by atoms with Crippen molar-refractivity contribution in [2.75, 3.05) is 6.61 Å². The second-order valence-corrected chi connectivity index (χ2v) is 5.54. The van der Waals surface area contributed by atoms with E-state index in [9.17, 15) is 5.11 Å². The maximum atomic E-state index is 10.6. The van der Waals surface area contributed by atoms with Crippen molar-refractivity contribution < 1.29 is 9.84 Å². The fourth-order valence-electron chi connectivity index (χ4n) is 2.26. The first-order chi connectivity index (χ1) is 7.89. The molecule has 1 aromatic carbocycles. The fraction of sp³-hybridized carbons (Fsp3) is 0.571. The first-order valence-electron chi connectivity index (χ1n) is 6.07. The Morgan fingerprint density at radius 3 is 2.59 bits per heavy atom. The van der Waals surface area contributed by atoms with Crippen LogP contribution >= 0.6 is 0 Å². The van der Waals surface area contributed by atoms with Gasteiger partial charge in [0.25, 0.3) is 0 Å². The van der Waals surface area contributed by atoms with Crippen molar-refractivity contribution >= 4 is 0 Å². The van der Waals surface area contributed by atoms with Gasteiger partial charge in [-0.2, -0.15) is 0 Å². The van der Waals surface area contributed by atoms with Crippen LogP contribution in [0.1, 0.15) is 26.3 Å². The molecule has 0 bridgehead atoms. The van der Waals surface area contributed by atoms with E-state index in [0.717, 1.165) is 5.56 Å². The lowest BCUT2D eigenvalue weighted by molar-refractivity contribution is 0.0149. The van der Waals surface area contributed by atoms with Crippen LogP contribution < -0.4 is 5.32 Å². The second-order valence-electron chi connectivity index (χ2n) is 5.54. The van der Waals surface area contributed by atoms with Crippen molar-refractivity contribution in [1.82, 2.24) is 5.32 Å². The molecule has 2 N–H and O–H groups in total. The van der Waals surface area contributed by atoms with E-state index in [1.165, 1.54) is 0 Å². The molecule has 0 spiro atoms. The Kier molecular flexibility index (Phi) is 3.25. The molecule has 1 fully saturated rings. The number of hydrogen-bond acceptors (Lipinski definition) is 3. The zero-order valence-electron chi connectivity index (χ0n) is 10.7. The van der Waals surface area contributed by atoms with Crippen LogP contribution in [0.3, 0.4) is 0 Å². The minimum absolute atomic E-state index is 0.0299. The van der Waals surface area contributed by atoms with Gasteiger partial charge >= 0.3 is 0 Å². The van der Waals surface area contributed by atoms with E-state index in [1.54, 1.807) is 0 Å². The largest absolute Gasteiger partial charge is 0.388 e. The summed E-state index contributed by atoms with van der Waals surface area (Å²) < 4.78 is 5.61. The summed E-state index contributed by atoms with van der Waals surface area (Å²) in [5.74, 6) is 0. The van der Waals surface area contributed by atoms with Crippen molar-refractivity contribution in [3.05, 3.63) is 35.9 Å². The van der Waals surface area contributed by atoms with Crippen LogP contribution in [0, 0.1) is 0 Å². The van der Waals surface area contributed by atoms with Gasteiger partial charge in [-0.1, -0.05) is 30.3 Å². The van der Waals surface area contributed by atoms with E-state index in [2.05, 4.69) is 5.32 Å². The lowest BCUT2D eigenvalue weighted by atomic mass is 9.89. The predicted octanol–water partition coefficient (Wildman–Crippen LogP) is 1.70. The van der Waals surface area contributed by atoms with Crippen LogP contribution in [-0.4, -0.2) is 29.1 Å². The van der Waals surface area contributed by atoms with Crippen molar-refractivity contribution in [3.8, 4) is 0 Å². The molecule has 0 aliphatic carbocycles. The molecule has 0 amide bonds. The lowest BCUT2D eigenvalue weighted by Gasteiger charge is -2.30. The van der Waals surface area contributed by atoms with Gasteiger partial charge in [0.1, 0.15) is 5.72 Å². The molecule has 3 heteroatoms. The van der Waals surface area contributed by atoms with Gasteiger partial charge in [0.2, 0.25) is 0 Å². The highest BCUT2D eigenvalue weighted by Crippen LogP contribution is 2.25. The van der Waals surface area contributed by atoms with E-state index in [0.29, 0.717) is 13.0 Å². The van der Waals surface area contributed by atoms with Crippen molar-refractivity contribution in [1.29, 1.82) is 0 Å². The Balaban J connectivity index is 2.05.